The van der Waals surface area contributed by atoms with Crippen LogP contribution in [0.2, 0.25) is 0 Å². The number of amides is 2. The van der Waals surface area contributed by atoms with Crippen LogP contribution in [-0.2, 0) is 14.8 Å². The average molecular weight is 493 g/mol. The normalized spacial score (nSPS) is 12.9. The molecular formula is C27H28N2O5S. The number of ketones is 1. The van der Waals surface area contributed by atoms with Crippen molar-refractivity contribution in [3.05, 3.63) is 96.1 Å². The second-order valence-corrected chi connectivity index (χ2v) is 10.1. The predicted molar refractivity (Wildman–Crippen MR) is 135 cm³/mol. The third-order valence-electron chi connectivity index (χ3n) is 5.78. The third kappa shape index (κ3) is 5.84. The van der Waals surface area contributed by atoms with Gasteiger partial charge in [0.1, 0.15) is 6.04 Å². The molecule has 0 aromatic heterocycles. The molecule has 0 aliphatic rings. The van der Waals surface area contributed by atoms with Crippen LogP contribution in [0.5, 0.6) is 0 Å². The number of nitrogens with one attached hydrogen (secondary N) is 1. The highest BCUT2D eigenvalue weighted by Gasteiger charge is 2.42. The highest BCUT2D eigenvalue weighted by Crippen LogP contribution is 2.27. The maximum absolute atomic E-state index is 13.8. The summed E-state index contributed by atoms with van der Waals surface area (Å²) in [6.07, 6.45) is 0.449. The monoisotopic (exact) mass is 492 g/mol. The minimum atomic E-state index is -4.38. The van der Waals surface area contributed by atoms with Crippen molar-refractivity contribution in [3.63, 3.8) is 0 Å². The summed E-state index contributed by atoms with van der Waals surface area (Å²) in [6, 6.07) is 20.6. The second kappa shape index (κ2) is 11.1. The lowest BCUT2D eigenvalue weighted by Crippen LogP contribution is -2.53. The molecule has 0 spiro atoms. The van der Waals surface area contributed by atoms with E-state index in [1.54, 1.807) is 67.6 Å². The average Bonchev–Trinajstić information content (AvgIpc) is 2.87. The first kappa shape index (κ1) is 25.8. The van der Waals surface area contributed by atoms with E-state index in [0.717, 1.165) is 0 Å². The minimum absolute atomic E-state index is 0.0869. The molecule has 182 valence electrons. The fourth-order valence-electron chi connectivity index (χ4n) is 3.62. The number of Topliss-reactive ketones (excluding diaryl/α,β-unsaturated/α-hetero) is 1. The topological polar surface area (TPSA) is 101 Å². The Labute approximate surface area is 205 Å². The summed E-state index contributed by atoms with van der Waals surface area (Å²) in [6.45, 7) is 5.00. The van der Waals surface area contributed by atoms with Crippen LogP contribution in [-0.4, -0.2) is 36.4 Å². The molecule has 2 atom stereocenters. The summed E-state index contributed by atoms with van der Waals surface area (Å²) >= 11 is 0. The lowest BCUT2D eigenvalue weighted by atomic mass is 9.97. The summed E-state index contributed by atoms with van der Waals surface area (Å²) in [7, 11) is -4.38. The van der Waals surface area contributed by atoms with Gasteiger partial charge in [0.25, 0.3) is 15.9 Å². The lowest BCUT2D eigenvalue weighted by Gasteiger charge is -2.33. The van der Waals surface area contributed by atoms with Crippen LogP contribution in [0.3, 0.4) is 0 Å². The van der Waals surface area contributed by atoms with E-state index in [-0.39, 0.29) is 16.2 Å². The van der Waals surface area contributed by atoms with Crippen molar-refractivity contribution in [1.29, 1.82) is 0 Å². The van der Waals surface area contributed by atoms with Gasteiger partial charge in [-0.15, -0.1) is 0 Å². The summed E-state index contributed by atoms with van der Waals surface area (Å²) in [5.41, 5.74) is 1.02. The second-order valence-electron chi connectivity index (χ2n) is 8.24. The molecule has 0 bridgehead atoms. The van der Waals surface area contributed by atoms with Crippen LogP contribution >= 0.6 is 0 Å². The first-order chi connectivity index (χ1) is 16.7. The Balaban J connectivity index is 2.09. The molecule has 2 amide bonds. The van der Waals surface area contributed by atoms with Gasteiger partial charge in [-0.3, -0.25) is 14.4 Å². The molecule has 0 aliphatic carbocycles. The van der Waals surface area contributed by atoms with E-state index in [1.807, 2.05) is 6.92 Å². The molecule has 0 heterocycles. The van der Waals surface area contributed by atoms with Crippen molar-refractivity contribution in [3.8, 4) is 0 Å². The molecule has 3 aromatic rings. The van der Waals surface area contributed by atoms with E-state index < -0.39 is 33.8 Å². The number of hydrogen-bond donors (Lipinski definition) is 1. The number of hydrogen-bond acceptors (Lipinski definition) is 5. The molecule has 8 heteroatoms. The first-order valence-electron chi connectivity index (χ1n) is 11.3. The number of carbonyl (C=O) groups is 3. The van der Waals surface area contributed by atoms with Crippen LogP contribution in [0.25, 0.3) is 0 Å². The van der Waals surface area contributed by atoms with Crippen LogP contribution < -0.4 is 5.32 Å². The summed E-state index contributed by atoms with van der Waals surface area (Å²) in [5, 5.41) is 2.73. The number of sulfonamides is 1. The van der Waals surface area contributed by atoms with Crippen LogP contribution in [0, 0.1) is 5.92 Å². The van der Waals surface area contributed by atoms with Gasteiger partial charge in [-0.1, -0.05) is 56.7 Å². The highest BCUT2D eigenvalue weighted by atomic mass is 32.2. The lowest BCUT2D eigenvalue weighted by molar-refractivity contribution is -0.120. The third-order valence-corrected chi connectivity index (χ3v) is 7.56. The Hall–Kier alpha value is -3.78. The number of carbonyl (C=O) groups excluding carboxylic acids is 3. The molecule has 3 aromatic carbocycles. The van der Waals surface area contributed by atoms with Crippen LogP contribution in [0.15, 0.2) is 89.8 Å². The van der Waals surface area contributed by atoms with Gasteiger partial charge < -0.3 is 5.32 Å². The van der Waals surface area contributed by atoms with Crippen molar-refractivity contribution in [2.45, 2.75) is 38.1 Å². The van der Waals surface area contributed by atoms with Gasteiger partial charge in [0, 0.05) is 16.8 Å². The standard InChI is InChI=1S/C27H28N2O5S/c1-4-19(2)25(26(31)28-23-17-15-21(16-18-23)20(3)30)29(27(32)22-11-7-5-8-12-22)35(33,34)24-13-9-6-10-14-24/h5-19,25H,4H2,1-3H3,(H,28,31). The van der Waals surface area contributed by atoms with E-state index in [9.17, 15) is 22.8 Å². The van der Waals surface area contributed by atoms with Gasteiger partial charge in [-0.25, -0.2) is 12.7 Å². The van der Waals surface area contributed by atoms with Gasteiger partial charge in [-0.05, 0) is 61.4 Å². The maximum Gasteiger partial charge on any atom is 0.268 e. The molecular weight excluding hydrogens is 464 g/mol. The summed E-state index contributed by atoms with van der Waals surface area (Å²) < 4.78 is 28.2. The fourth-order valence-corrected chi connectivity index (χ4v) is 5.28. The SMILES string of the molecule is CCC(C)C(C(=O)Nc1ccc(C(C)=O)cc1)N(C(=O)c1ccccc1)S(=O)(=O)c1ccccc1. The number of benzene rings is 3. The Morgan fingerprint density at radius 3 is 1.89 bits per heavy atom. The van der Waals surface area contributed by atoms with Crippen molar-refractivity contribution >= 4 is 33.3 Å². The molecule has 0 saturated heterocycles. The zero-order valence-electron chi connectivity index (χ0n) is 19.8. The van der Waals surface area contributed by atoms with Gasteiger partial charge >= 0.3 is 0 Å². The van der Waals surface area contributed by atoms with Gasteiger partial charge in [0.2, 0.25) is 5.91 Å². The Kier molecular flexibility index (Phi) is 8.19. The van der Waals surface area contributed by atoms with Crippen LogP contribution in [0.1, 0.15) is 47.9 Å². The fraction of sp³-hybridized carbons (Fsp3) is 0.222. The maximum atomic E-state index is 13.8. The van der Waals surface area contributed by atoms with Crippen molar-refractivity contribution in [1.82, 2.24) is 4.31 Å². The molecule has 35 heavy (non-hydrogen) atoms. The molecule has 2 unspecified atom stereocenters. The summed E-state index contributed by atoms with van der Waals surface area (Å²) in [4.78, 5) is 38.7. The molecule has 3 rings (SSSR count). The smallest absolute Gasteiger partial charge is 0.268 e. The molecule has 1 N–H and O–H groups in total. The van der Waals surface area contributed by atoms with E-state index in [1.165, 1.54) is 31.2 Å². The van der Waals surface area contributed by atoms with Crippen molar-refractivity contribution in [2.24, 2.45) is 5.92 Å². The molecule has 0 aliphatic heterocycles. The van der Waals surface area contributed by atoms with Crippen molar-refractivity contribution < 1.29 is 22.8 Å². The quantitative estimate of drug-likeness (QED) is 0.434. The number of anilines is 1. The van der Waals surface area contributed by atoms with Gasteiger partial charge in [-0.2, -0.15) is 0 Å². The Morgan fingerprint density at radius 1 is 0.829 bits per heavy atom. The molecule has 0 fully saturated rings. The van der Waals surface area contributed by atoms with Crippen molar-refractivity contribution in [2.75, 3.05) is 5.32 Å². The van der Waals surface area contributed by atoms with Crippen LogP contribution in [0.4, 0.5) is 5.69 Å². The molecule has 0 saturated carbocycles. The number of rotatable bonds is 9. The van der Waals surface area contributed by atoms with Gasteiger partial charge in [0.05, 0.1) is 4.90 Å². The summed E-state index contributed by atoms with van der Waals surface area (Å²) in [5.74, 6) is -2.04. The van der Waals surface area contributed by atoms with Gasteiger partial charge in [0.15, 0.2) is 5.78 Å². The largest absolute Gasteiger partial charge is 0.324 e. The Bertz CT molecular complexity index is 1290. The van der Waals surface area contributed by atoms with E-state index in [4.69, 9.17) is 0 Å². The Morgan fingerprint density at radius 2 is 1.37 bits per heavy atom. The highest BCUT2D eigenvalue weighted by molar-refractivity contribution is 7.89. The zero-order valence-corrected chi connectivity index (χ0v) is 20.7. The first-order valence-corrected chi connectivity index (χ1v) is 12.7. The van der Waals surface area contributed by atoms with E-state index in [0.29, 0.717) is 22.0 Å². The number of nitrogens with zero attached hydrogens (tertiary/aromatic N) is 1. The molecule has 7 nitrogen and oxygen atoms in total. The minimum Gasteiger partial charge on any atom is -0.324 e. The zero-order chi connectivity index (χ0) is 25.6. The molecule has 0 radical (unpaired) electrons. The van der Waals surface area contributed by atoms with E-state index in [2.05, 4.69) is 5.32 Å². The van der Waals surface area contributed by atoms with E-state index >= 15 is 0 Å². The predicted octanol–water partition coefficient (Wildman–Crippen LogP) is 4.77.